The number of ether oxygens (including phenoxy) is 1. The van der Waals surface area contributed by atoms with Crippen molar-refractivity contribution < 1.29 is 23.1 Å². The van der Waals surface area contributed by atoms with Crippen molar-refractivity contribution in [2.75, 3.05) is 44.9 Å². The van der Waals surface area contributed by atoms with E-state index in [2.05, 4.69) is 35.5 Å². The van der Waals surface area contributed by atoms with Crippen LogP contribution in [0.5, 0.6) is 5.75 Å². The monoisotopic (exact) mass is 553 g/mol. The average molecular weight is 554 g/mol. The first-order valence-corrected chi connectivity index (χ1v) is 12.6. The molecule has 198 valence electrons. The third-order valence-electron chi connectivity index (χ3n) is 6.07. The van der Waals surface area contributed by atoms with Crippen molar-refractivity contribution in [2.45, 2.75) is 25.5 Å². The number of amides is 2. The van der Waals surface area contributed by atoms with Gasteiger partial charge in [-0.3, -0.25) is 14.7 Å². The number of alkyl halides is 2. The number of carbonyl (C=O) groups is 2. The van der Waals surface area contributed by atoms with Crippen molar-refractivity contribution in [1.29, 1.82) is 0 Å². The summed E-state index contributed by atoms with van der Waals surface area (Å²) < 4.78 is 31.0. The molecule has 3 N–H and O–H groups in total. The molecule has 0 aliphatic carbocycles. The fraction of sp³-hybridized carbons (Fsp3) is 0.391. The molecule has 0 unspecified atom stereocenters. The summed E-state index contributed by atoms with van der Waals surface area (Å²) in [6.45, 7) is -1.99. The van der Waals surface area contributed by atoms with E-state index in [1.54, 1.807) is 11.9 Å². The number of piperidine rings is 1. The van der Waals surface area contributed by atoms with E-state index in [0.717, 1.165) is 24.2 Å². The molecule has 2 aromatic heterocycles. The van der Waals surface area contributed by atoms with Crippen molar-refractivity contribution in [1.82, 2.24) is 25.0 Å². The number of nitrogens with one attached hydrogen (secondary N) is 3. The number of benzene rings is 1. The van der Waals surface area contributed by atoms with Crippen LogP contribution in [0.2, 0.25) is 5.02 Å². The Morgan fingerprint density at radius 1 is 1.30 bits per heavy atom. The van der Waals surface area contributed by atoms with E-state index in [1.165, 1.54) is 24.4 Å². The van der Waals surface area contributed by atoms with Crippen LogP contribution in [-0.2, 0) is 0 Å². The molecule has 1 aliphatic rings. The second-order valence-electron chi connectivity index (χ2n) is 8.57. The van der Waals surface area contributed by atoms with Crippen LogP contribution in [0.25, 0.3) is 11.3 Å². The summed E-state index contributed by atoms with van der Waals surface area (Å²) in [7, 11) is 5.64. The van der Waals surface area contributed by atoms with Crippen LogP contribution in [0.15, 0.2) is 24.4 Å². The first-order chi connectivity index (χ1) is 17.7. The lowest BCUT2D eigenvalue weighted by atomic mass is 10.0. The van der Waals surface area contributed by atoms with Gasteiger partial charge in [0.1, 0.15) is 27.8 Å². The Balaban J connectivity index is 1.71. The largest absolute Gasteiger partial charge is 0.434 e. The molecule has 4 rings (SSSR count). The fourth-order valence-electron chi connectivity index (χ4n) is 4.10. The standard InChI is InChI=1S/C23H26ClF2N7O3S/c1-27-18-15(11-28-31-18)19(34)30-20-17(14-10-12(24)4-5-16(14)36-23(25)26)29-21(37-20)22(35)33-8-6-13(7-9-33)32(2)3/h4-5,10-11,13,23H,6-9H2,1-3H3,(H,30,34)(H2,27,28,31). The van der Waals surface area contributed by atoms with Crippen molar-refractivity contribution in [2.24, 2.45) is 0 Å². The smallest absolute Gasteiger partial charge is 0.387 e. The number of anilines is 2. The van der Waals surface area contributed by atoms with E-state index in [4.69, 9.17) is 11.6 Å². The molecular weight excluding hydrogens is 528 g/mol. The lowest BCUT2D eigenvalue weighted by Crippen LogP contribution is -2.44. The van der Waals surface area contributed by atoms with Crippen molar-refractivity contribution in [3.05, 3.63) is 40.0 Å². The van der Waals surface area contributed by atoms with E-state index in [9.17, 15) is 18.4 Å². The highest BCUT2D eigenvalue weighted by Gasteiger charge is 2.29. The van der Waals surface area contributed by atoms with Gasteiger partial charge in [-0.25, -0.2) is 4.98 Å². The Kier molecular flexibility index (Phi) is 8.25. The molecular formula is C23H26ClF2N7O3S. The molecule has 3 heterocycles. The summed E-state index contributed by atoms with van der Waals surface area (Å²) in [4.78, 5) is 34.7. The number of halogens is 3. The van der Waals surface area contributed by atoms with Gasteiger partial charge in [0, 0.05) is 36.8 Å². The average Bonchev–Trinajstić information content (AvgIpc) is 3.51. The Labute approximate surface area is 221 Å². The lowest BCUT2D eigenvalue weighted by molar-refractivity contribution is -0.0494. The zero-order valence-corrected chi connectivity index (χ0v) is 21.9. The molecule has 14 heteroatoms. The predicted octanol–water partition coefficient (Wildman–Crippen LogP) is 4.25. The molecule has 37 heavy (non-hydrogen) atoms. The Bertz CT molecular complexity index is 1280. The molecule has 1 fully saturated rings. The number of carbonyl (C=O) groups excluding carboxylic acids is 2. The Morgan fingerprint density at radius 3 is 2.68 bits per heavy atom. The molecule has 2 amide bonds. The normalized spacial score (nSPS) is 14.3. The summed E-state index contributed by atoms with van der Waals surface area (Å²) in [5, 5.41) is 12.6. The first kappa shape index (κ1) is 26.8. The third kappa shape index (κ3) is 6.00. The molecule has 0 saturated carbocycles. The molecule has 1 aromatic carbocycles. The van der Waals surface area contributed by atoms with Crippen LogP contribution < -0.4 is 15.4 Å². The van der Waals surface area contributed by atoms with Gasteiger partial charge < -0.3 is 25.2 Å². The first-order valence-electron chi connectivity index (χ1n) is 11.4. The fourth-order valence-corrected chi connectivity index (χ4v) is 5.22. The molecule has 0 bridgehead atoms. The zero-order valence-electron chi connectivity index (χ0n) is 20.3. The molecule has 3 aromatic rings. The van der Waals surface area contributed by atoms with Crippen LogP contribution in [0.3, 0.4) is 0 Å². The SMILES string of the molecule is CNc1[nH]ncc1C(=O)Nc1sc(C(=O)N2CCC(N(C)C)CC2)nc1-c1cc(Cl)ccc1OC(F)F. The van der Waals surface area contributed by atoms with Crippen LogP contribution >= 0.6 is 22.9 Å². The van der Waals surface area contributed by atoms with E-state index in [-0.39, 0.29) is 43.5 Å². The number of likely N-dealkylation sites (tertiary alicyclic amines) is 1. The molecule has 10 nitrogen and oxygen atoms in total. The highest BCUT2D eigenvalue weighted by Crippen LogP contribution is 2.41. The van der Waals surface area contributed by atoms with Crippen LogP contribution in [0.4, 0.5) is 19.6 Å². The number of nitrogens with zero attached hydrogens (tertiary/aromatic N) is 4. The van der Waals surface area contributed by atoms with Crippen molar-refractivity contribution >= 4 is 45.6 Å². The summed E-state index contributed by atoms with van der Waals surface area (Å²) >= 11 is 7.11. The number of hydrogen-bond donors (Lipinski definition) is 3. The van der Waals surface area contributed by atoms with Crippen LogP contribution in [0, 0.1) is 0 Å². The number of aromatic nitrogens is 3. The van der Waals surface area contributed by atoms with Gasteiger partial charge in [0.15, 0.2) is 5.01 Å². The number of thiazole rings is 1. The maximum absolute atomic E-state index is 13.4. The molecule has 0 spiro atoms. The van der Waals surface area contributed by atoms with Crippen LogP contribution in [-0.4, -0.2) is 83.7 Å². The molecule has 0 atom stereocenters. The van der Waals surface area contributed by atoms with E-state index in [0.29, 0.717) is 24.9 Å². The third-order valence-corrected chi connectivity index (χ3v) is 7.26. The van der Waals surface area contributed by atoms with E-state index in [1.807, 2.05) is 14.1 Å². The van der Waals surface area contributed by atoms with Gasteiger partial charge in [0.05, 0.1) is 6.20 Å². The topological polar surface area (TPSA) is 115 Å². The predicted molar refractivity (Wildman–Crippen MR) is 138 cm³/mol. The van der Waals surface area contributed by atoms with Gasteiger partial charge in [0.25, 0.3) is 11.8 Å². The van der Waals surface area contributed by atoms with Gasteiger partial charge in [0.2, 0.25) is 0 Å². The number of hydrogen-bond acceptors (Lipinski definition) is 8. The van der Waals surface area contributed by atoms with E-state index >= 15 is 0 Å². The number of H-pyrrole nitrogens is 1. The van der Waals surface area contributed by atoms with Crippen LogP contribution in [0.1, 0.15) is 33.0 Å². The van der Waals surface area contributed by atoms with Gasteiger partial charge in [-0.2, -0.15) is 13.9 Å². The Hall–Kier alpha value is -3.29. The van der Waals surface area contributed by atoms with E-state index < -0.39 is 12.5 Å². The highest BCUT2D eigenvalue weighted by atomic mass is 35.5. The van der Waals surface area contributed by atoms with Gasteiger partial charge >= 0.3 is 6.61 Å². The minimum Gasteiger partial charge on any atom is -0.434 e. The molecule has 1 aliphatic heterocycles. The summed E-state index contributed by atoms with van der Waals surface area (Å²) in [6.07, 6.45) is 2.97. The number of rotatable bonds is 8. The van der Waals surface area contributed by atoms with Crippen molar-refractivity contribution in [3.8, 4) is 17.0 Å². The maximum atomic E-state index is 13.4. The molecule has 0 radical (unpaired) electrons. The summed E-state index contributed by atoms with van der Waals surface area (Å²) in [5.74, 6) is -0.646. The van der Waals surface area contributed by atoms with Gasteiger partial charge in [-0.1, -0.05) is 22.9 Å². The lowest BCUT2D eigenvalue weighted by Gasteiger charge is -2.34. The second kappa shape index (κ2) is 11.4. The zero-order chi connectivity index (χ0) is 26.7. The highest BCUT2D eigenvalue weighted by molar-refractivity contribution is 7.18. The Morgan fingerprint density at radius 2 is 2.03 bits per heavy atom. The quantitative estimate of drug-likeness (QED) is 0.382. The van der Waals surface area contributed by atoms with Crippen molar-refractivity contribution in [3.63, 3.8) is 0 Å². The number of aromatic amines is 1. The second-order valence-corrected chi connectivity index (χ2v) is 10.0. The minimum absolute atomic E-state index is 0.0949. The minimum atomic E-state index is -3.10. The summed E-state index contributed by atoms with van der Waals surface area (Å²) in [6, 6.07) is 4.47. The van der Waals surface area contributed by atoms with Gasteiger partial charge in [-0.15, -0.1) is 0 Å². The summed E-state index contributed by atoms with van der Waals surface area (Å²) in [5.41, 5.74) is 0.430. The molecule has 1 saturated heterocycles. The maximum Gasteiger partial charge on any atom is 0.387 e. The van der Waals surface area contributed by atoms with Gasteiger partial charge in [-0.05, 0) is 45.1 Å².